The lowest BCUT2D eigenvalue weighted by Gasteiger charge is -1.98. The Balaban J connectivity index is 2.15. The fraction of sp³-hybridized carbons (Fsp3) is 0.538. The molecule has 88 valence electrons. The Morgan fingerprint density at radius 3 is 2.50 bits per heavy atom. The maximum Gasteiger partial charge on any atom is 0.133 e. The van der Waals surface area contributed by atoms with Gasteiger partial charge < -0.3 is 9.21 Å². The maximum absolute atomic E-state index is 11.4. The highest BCUT2D eigenvalue weighted by Crippen LogP contribution is 2.10. The average molecular weight is 222 g/mol. The van der Waals surface area contributed by atoms with Crippen LogP contribution in [0.5, 0.6) is 0 Å². The monoisotopic (exact) mass is 222 g/mol. The van der Waals surface area contributed by atoms with Crippen LogP contribution in [0.25, 0.3) is 0 Å². The van der Waals surface area contributed by atoms with Gasteiger partial charge in [0.15, 0.2) is 0 Å². The Hall–Kier alpha value is -1.38. The third-order valence-electron chi connectivity index (χ3n) is 2.43. The number of ketones is 2. The molecule has 0 unspecified atom stereocenters. The predicted octanol–water partition coefficient (Wildman–Crippen LogP) is 2.85. The lowest BCUT2D eigenvalue weighted by molar-refractivity contribution is -0.123. The van der Waals surface area contributed by atoms with Crippen molar-refractivity contribution in [2.45, 2.75) is 46.0 Å². The molecule has 0 saturated heterocycles. The van der Waals surface area contributed by atoms with E-state index in [-0.39, 0.29) is 11.6 Å². The Morgan fingerprint density at radius 2 is 1.94 bits per heavy atom. The molecule has 0 aromatic carbocycles. The number of hydrogen-bond acceptors (Lipinski definition) is 3. The Bertz CT molecular complexity index is 363. The summed E-state index contributed by atoms with van der Waals surface area (Å²) in [6.45, 7) is 3.42. The van der Waals surface area contributed by atoms with Gasteiger partial charge in [-0.1, -0.05) is 0 Å². The molecule has 0 saturated carbocycles. The molecule has 0 fully saturated rings. The highest BCUT2D eigenvalue weighted by Gasteiger charge is 2.05. The van der Waals surface area contributed by atoms with Crippen LogP contribution < -0.4 is 0 Å². The summed E-state index contributed by atoms with van der Waals surface area (Å²) in [4.78, 5) is 22.0. The van der Waals surface area contributed by atoms with Crippen LogP contribution in [0.3, 0.4) is 0 Å². The van der Waals surface area contributed by atoms with Crippen LogP contribution in [-0.4, -0.2) is 11.6 Å². The molecule has 0 N–H and O–H groups in total. The zero-order chi connectivity index (χ0) is 12.0. The lowest BCUT2D eigenvalue weighted by atomic mass is 10.1. The largest absolute Gasteiger partial charge is 0.466 e. The number of carbonyl (C=O) groups excluding carboxylic acids is 2. The number of Topliss-reactive ketones (excluding diaryl/α,β-unsaturated/α-hetero) is 2. The van der Waals surface area contributed by atoms with E-state index in [9.17, 15) is 9.59 Å². The molecule has 0 amide bonds. The van der Waals surface area contributed by atoms with E-state index in [1.807, 2.05) is 19.1 Å². The average Bonchev–Trinajstić information content (AvgIpc) is 2.61. The van der Waals surface area contributed by atoms with E-state index in [0.29, 0.717) is 19.3 Å². The SMILES string of the molecule is CC(=O)CCC(=O)CCCc1ccc(C)o1. The predicted molar refractivity (Wildman–Crippen MR) is 61.3 cm³/mol. The van der Waals surface area contributed by atoms with Crippen LogP contribution in [0, 0.1) is 6.92 Å². The molecule has 0 bridgehead atoms. The van der Waals surface area contributed by atoms with Crippen LogP contribution in [0.4, 0.5) is 0 Å². The normalized spacial score (nSPS) is 10.4. The summed E-state index contributed by atoms with van der Waals surface area (Å²) in [6.07, 6.45) is 2.88. The zero-order valence-electron chi connectivity index (χ0n) is 9.91. The first kappa shape index (κ1) is 12.7. The Morgan fingerprint density at radius 1 is 1.19 bits per heavy atom. The van der Waals surface area contributed by atoms with Gasteiger partial charge in [0.25, 0.3) is 0 Å². The minimum atomic E-state index is 0.0787. The second-order valence-electron chi connectivity index (χ2n) is 4.11. The molecule has 1 heterocycles. The first-order valence-electron chi connectivity index (χ1n) is 5.64. The van der Waals surface area contributed by atoms with Crippen molar-refractivity contribution in [1.82, 2.24) is 0 Å². The summed E-state index contributed by atoms with van der Waals surface area (Å²) in [5.74, 6) is 2.07. The van der Waals surface area contributed by atoms with E-state index in [2.05, 4.69) is 0 Å². The summed E-state index contributed by atoms with van der Waals surface area (Å²) in [5.41, 5.74) is 0. The van der Waals surface area contributed by atoms with Gasteiger partial charge in [-0.25, -0.2) is 0 Å². The number of rotatable bonds is 7. The van der Waals surface area contributed by atoms with E-state index < -0.39 is 0 Å². The summed E-state index contributed by atoms with van der Waals surface area (Å²) in [6, 6.07) is 3.86. The van der Waals surface area contributed by atoms with E-state index >= 15 is 0 Å². The third kappa shape index (κ3) is 4.91. The fourth-order valence-electron chi connectivity index (χ4n) is 1.52. The smallest absolute Gasteiger partial charge is 0.133 e. The van der Waals surface area contributed by atoms with Crippen LogP contribution in [0.15, 0.2) is 16.5 Å². The Kier molecular flexibility index (Phi) is 4.96. The minimum absolute atomic E-state index is 0.0787. The van der Waals surface area contributed by atoms with Gasteiger partial charge in [-0.2, -0.15) is 0 Å². The summed E-state index contributed by atoms with van der Waals surface area (Å²) < 4.78 is 5.40. The summed E-state index contributed by atoms with van der Waals surface area (Å²) in [7, 11) is 0. The van der Waals surface area contributed by atoms with E-state index in [4.69, 9.17) is 4.42 Å². The molecule has 1 aromatic heterocycles. The maximum atomic E-state index is 11.4. The van der Waals surface area contributed by atoms with E-state index in [1.165, 1.54) is 6.92 Å². The molecule has 0 aliphatic rings. The molecule has 1 rings (SSSR count). The molecular formula is C13H18O3. The minimum Gasteiger partial charge on any atom is -0.466 e. The third-order valence-corrected chi connectivity index (χ3v) is 2.43. The topological polar surface area (TPSA) is 47.3 Å². The van der Waals surface area contributed by atoms with Crippen LogP contribution in [0.2, 0.25) is 0 Å². The second-order valence-corrected chi connectivity index (χ2v) is 4.11. The molecule has 3 nitrogen and oxygen atoms in total. The summed E-state index contributed by atoms with van der Waals surface area (Å²) >= 11 is 0. The van der Waals surface area contributed by atoms with Gasteiger partial charge >= 0.3 is 0 Å². The number of furan rings is 1. The molecular weight excluding hydrogens is 204 g/mol. The van der Waals surface area contributed by atoms with Crippen molar-refractivity contribution in [3.05, 3.63) is 23.7 Å². The highest BCUT2D eigenvalue weighted by molar-refractivity contribution is 5.84. The summed E-state index contributed by atoms with van der Waals surface area (Å²) in [5, 5.41) is 0. The molecule has 0 radical (unpaired) electrons. The van der Waals surface area contributed by atoms with Crippen LogP contribution in [-0.2, 0) is 16.0 Å². The van der Waals surface area contributed by atoms with Crippen molar-refractivity contribution in [3.8, 4) is 0 Å². The molecule has 3 heteroatoms. The second kappa shape index (κ2) is 6.26. The van der Waals surface area contributed by atoms with Crippen molar-refractivity contribution in [2.75, 3.05) is 0 Å². The van der Waals surface area contributed by atoms with Crippen LogP contribution >= 0.6 is 0 Å². The van der Waals surface area contributed by atoms with Gasteiger partial charge in [-0.3, -0.25) is 4.79 Å². The number of aryl methyl sites for hydroxylation is 2. The molecule has 0 aliphatic carbocycles. The van der Waals surface area contributed by atoms with Gasteiger partial charge in [0.05, 0.1) is 0 Å². The van der Waals surface area contributed by atoms with E-state index in [1.54, 1.807) is 0 Å². The van der Waals surface area contributed by atoms with Gasteiger partial charge in [-0.15, -0.1) is 0 Å². The molecule has 0 aliphatic heterocycles. The lowest BCUT2D eigenvalue weighted by Crippen LogP contribution is -2.01. The van der Waals surface area contributed by atoms with Gasteiger partial charge in [0.2, 0.25) is 0 Å². The number of hydrogen-bond donors (Lipinski definition) is 0. The first-order chi connectivity index (χ1) is 7.58. The van der Waals surface area contributed by atoms with Gasteiger partial charge in [-0.05, 0) is 32.4 Å². The van der Waals surface area contributed by atoms with Crippen molar-refractivity contribution >= 4 is 11.6 Å². The van der Waals surface area contributed by atoms with Crippen molar-refractivity contribution in [2.24, 2.45) is 0 Å². The fourth-order valence-corrected chi connectivity index (χ4v) is 1.52. The first-order valence-corrected chi connectivity index (χ1v) is 5.64. The zero-order valence-corrected chi connectivity index (χ0v) is 9.91. The quantitative estimate of drug-likeness (QED) is 0.712. The standard InChI is InChI=1S/C13H18O3/c1-10(14)6-8-12(15)4-3-5-13-9-7-11(2)16-13/h7,9H,3-6,8H2,1-2H3. The molecule has 0 atom stereocenters. The molecule has 0 spiro atoms. The van der Waals surface area contributed by atoms with Crippen LogP contribution in [0.1, 0.15) is 44.1 Å². The molecule has 1 aromatic rings. The highest BCUT2D eigenvalue weighted by atomic mass is 16.3. The van der Waals surface area contributed by atoms with Gasteiger partial charge in [0.1, 0.15) is 23.1 Å². The molecule has 16 heavy (non-hydrogen) atoms. The Labute approximate surface area is 95.8 Å². The van der Waals surface area contributed by atoms with Crippen molar-refractivity contribution < 1.29 is 14.0 Å². The van der Waals surface area contributed by atoms with E-state index in [0.717, 1.165) is 24.4 Å². The van der Waals surface area contributed by atoms with Gasteiger partial charge in [0, 0.05) is 25.7 Å². The number of carbonyl (C=O) groups is 2. The van der Waals surface area contributed by atoms with Crippen molar-refractivity contribution in [1.29, 1.82) is 0 Å². The van der Waals surface area contributed by atoms with Crippen molar-refractivity contribution in [3.63, 3.8) is 0 Å².